The molecule has 0 radical (unpaired) electrons. The largest absolute Gasteiger partial charge is 0.492 e. The van der Waals surface area contributed by atoms with Gasteiger partial charge in [0, 0.05) is 44.2 Å². The monoisotopic (exact) mass is 633 g/mol. The van der Waals surface area contributed by atoms with Crippen LogP contribution in [-0.2, 0) is 22.4 Å². The molecule has 6 nitrogen and oxygen atoms in total. The number of nitrogens with zero attached hydrogens (tertiary/aromatic N) is 1. The van der Waals surface area contributed by atoms with Gasteiger partial charge in [0.1, 0.15) is 11.6 Å². The first kappa shape index (κ1) is 30.0. The third-order valence-corrected chi connectivity index (χ3v) is 8.75. The zero-order valence-electron chi connectivity index (χ0n) is 24.1. The van der Waals surface area contributed by atoms with Crippen molar-refractivity contribution in [2.24, 2.45) is 0 Å². The third kappa shape index (κ3) is 7.28. The summed E-state index contributed by atoms with van der Waals surface area (Å²) in [5, 5.41) is 6.76. The molecule has 2 bridgehead atoms. The smallest absolute Gasteiger partial charge is 0.249 e. The lowest BCUT2D eigenvalue weighted by atomic mass is 9.83. The molecule has 1 saturated heterocycles. The molecule has 0 aromatic heterocycles. The summed E-state index contributed by atoms with van der Waals surface area (Å²) >= 11 is 3.40. The number of halogens is 2. The first-order valence-electron chi connectivity index (χ1n) is 14.5. The van der Waals surface area contributed by atoms with Crippen LogP contribution in [0.15, 0.2) is 76.8 Å². The Hall–Kier alpha value is -3.49. The van der Waals surface area contributed by atoms with Crippen LogP contribution < -0.4 is 15.4 Å². The Bertz CT molecular complexity index is 1470. The minimum absolute atomic E-state index is 0.0346. The predicted octanol–water partition coefficient (Wildman–Crippen LogP) is 5.61. The van der Waals surface area contributed by atoms with E-state index < -0.39 is 0 Å². The highest BCUT2D eigenvalue weighted by atomic mass is 79.9. The molecule has 3 aromatic carbocycles. The molecule has 42 heavy (non-hydrogen) atoms. The van der Waals surface area contributed by atoms with Gasteiger partial charge in [-0.1, -0.05) is 48.5 Å². The number of nitrogens with one attached hydrogen (secondary N) is 2. The lowest BCUT2D eigenvalue weighted by Gasteiger charge is -2.44. The van der Waals surface area contributed by atoms with Crippen molar-refractivity contribution < 1.29 is 18.7 Å². The molecule has 8 heteroatoms. The molecule has 2 aliphatic rings. The van der Waals surface area contributed by atoms with Gasteiger partial charge in [-0.25, -0.2) is 4.39 Å². The van der Waals surface area contributed by atoms with E-state index in [-0.39, 0.29) is 29.7 Å². The van der Waals surface area contributed by atoms with Gasteiger partial charge in [0.25, 0.3) is 0 Å². The summed E-state index contributed by atoms with van der Waals surface area (Å²) in [7, 11) is 0. The van der Waals surface area contributed by atoms with Gasteiger partial charge in [-0.3, -0.25) is 9.59 Å². The van der Waals surface area contributed by atoms with Crippen molar-refractivity contribution in [1.29, 1.82) is 0 Å². The fraction of sp³-hybridized carbons (Fsp3) is 0.353. The second-order valence-corrected chi connectivity index (χ2v) is 11.9. The van der Waals surface area contributed by atoms with Gasteiger partial charge in [0.2, 0.25) is 11.8 Å². The Morgan fingerprint density at radius 1 is 1.07 bits per heavy atom. The van der Waals surface area contributed by atoms with Gasteiger partial charge in [-0.05, 0) is 88.5 Å². The van der Waals surface area contributed by atoms with Crippen molar-refractivity contribution in [3.8, 4) is 5.75 Å². The van der Waals surface area contributed by atoms with E-state index in [1.54, 1.807) is 13.0 Å². The van der Waals surface area contributed by atoms with Crippen LogP contribution in [0.4, 0.5) is 4.39 Å². The van der Waals surface area contributed by atoms with E-state index in [2.05, 4.69) is 69.9 Å². The molecule has 0 saturated carbocycles. The van der Waals surface area contributed by atoms with E-state index in [0.29, 0.717) is 38.4 Å². The zero-order valence-corrected chi connectivity index (χ0v) is 25.7. The molecule has 2 heterocycles. The summed E-state index contributed by atoms with van der Waals surface area (Å²) in [6, 6.07) is 20.9. The summed E-state index contributed by atoms with van der Waals surface area (Å²) in [5.41, 5.74) is 6.42. The van der Waals surface area contributed by atoms with Gasteiger partial charge in [0.05, 0.1) is 17.1 Å². The lowest BCUT2D eigenvalue weighted by Crippen LogP contribution is -2.61. The van der Waals surface area contributed by atoms with Crippen LogP contribution in [-0.4, -0.2) is 55.0 Å². The fourth-order valence-electron chi connectivity index (χ4n) is 5.86. The quantitative estimate of drug-likeness (QED) is 0.285. The number of amides is 2. The van der Waals surface area contributed by atoms with Crippen LogP contribution in [0.1, 0.15) is 42.0 Å². The second kappa shape index (κ2) is 13.7. The van der Waals surface area contributed by atoms with Crippen molar-refractivity contribution in [3.63, 3.8) is 0 Å². The molecule has 0 aliphatic carbocycles. The number of ether oxygens (including phenoxy) is 1. The Morgan fingerprint density at radius 2 is 1.86 bits per heavy atom. The van der Waals surface area contributed by atoms with Gasteiger partial charge in [-0.2, -0.15) is 0 Å². The molecular formula is C34H37BrFN3O3. The Kier molecular flexibility index (Phi) is 9.75. The van der Waals surface area contributed by atoms with Crippen molar-refractivity contribution in [3.05, 3.63) is 105 Å². The van der Waals surface area contributed by atoms with Crippen molar-refractivity contribution >= 4 is 33.3 Å². The molecule has 2 amide bonds. The molecule has 2 N–H and O–H groups in total. The number of aryl methyl sites for hydroxylation is 2. The fourth-order valence-corrected chi connectivity index (χ4v) is 6.22. The van der Waals surface area contributed by atoms with E-state index in [1.165, 1.54) is 28.8 Å². The average molecular weight is 635 g/mol. The molecule has 220 valence electrons. The Labute approximate surface area is 255 Å². The van der Waals surface area contributed by atoms with Crippen LogP contribution >= 0.6 is 15.9 Å². The van der Waals surface area contributed by atoms with E-state index in [0.717, 1.165) is 40.4 Å². The standard InChI is InChI=1S/C34H37BrFN3O3/c1-22-6-3-4-8-25(22)15-16-37-34(41)33-29(19-28-20-39(23(2)40)21-31(33)38-28)26-11-9-24(10-12-26)7-5-17-42-32-18-27(36)13-14-30(32)35/h3-4,6,8-14,18,28,31,38H,5,7,15-17,19-21H2,1-2H3,(H,37,41). The molecule has 1 fully saturated rings. The number of carbonyl (C=O) groups excluding carboxylic acids is 2. The molecule has 2 atom stereocenters. The minimum Gasteiger partial charge on any atom is -0.492 e. The maximum Gasteiger partial charge on any atom is 0.249 e. The third-order valence-electron chi connectivity index (χ3n) is 8.10. The highest BCUT2D eigenvalue weighted by Crippen LogP contribution is 2.33. The maximum atomic E-state index is 13.7. The van der Waals surface area contributed by atoms with E-state index in [1.807, 2.05) is 17.0 Å². The van der Waals surface area contributed by atoms with Crippen LogP contribution in [0.25, 0.3) is 5.57 Å². The van der Waals surface area contributed by atoms with Crippen LogP contribution in [0.3, 0.4) is 0 Å². The normalized spacial score (nSPS) is 18.1. The van der Waals surface area contributed by atoms with Gasteiger partial charge in [-0.15, -0.1) is 0 Å². The molecular weight excluding hydrogens is 597 g/mol. The van der Waals surface area contributed by atoms with Crippen molar-refractivity contribution in [1.82, 2.24) is 15.5 Å². The first-order chi connectivity index (χ1) is 20.3. The molecule has 5 rings (SSSR count). The Morgan fingerprint density at radius 3 is 2.62 bits per heavy atom. The van der Waals surface area contributed by atoms with Crippen molar-refractivity contribution in [2.45, 2.75) is 51.6 Å². The topological polar surface area (TPSA) is 70.7 Å². The van der Waals surface area contributed by atoms with Crippen molar-refractivity contribution in [2.75, 3.05) is 26.2 Å². The number of hydrogen-bond acceptors (Lipinski definition) is 4. The van der Waals surface area contributed by atoms with Crippen LogP contribution in [0.5, 0.6) is 5.75 Å². The highest BCUT2D eigenvalue weighted by molar-refractivity contribution is 9.10. The molecule has 3 aromatic rings. The van der Waals surface area contributed by atoms with Gasteiger partial charge < -0.3 is 20.3 Å². The second-order valence-electron chi connectivity index (χ2n) is 11.1. The first-order valence-corrected chi connectivity index (χ1v) is 15.3. The number of carbonyl (C=O) groups is 2. The summed E-state index contributed by atoms with van der Waals surface area (Å²) in [4.78, 5) is 27.8. The van der Waals surface area contributed by atoms with Gasteiger partial charge in [0.15, 0.2) is 0 Å². The average Bonchev–Trinajstić information content (AvgIpc) is 2.97. The minimum atomic E-state index is -0.325. The van der Waals surface area contributed by atoms with E-state index in [4.69, 9.17) is 4.74 Å². The highest BCUT2D eigenvalue weighted by Gasteiger charge is 2.38. The summed E-state index contributed by atoms with van der Waals surface area (Å²) in [6.07, 6.45) is 3.04. The summed E-state index contributed by atoms with van der Waals surface area (Å²) in [5.74, 6) is 0.132. The number of piperazine rings is 1. The zero-order chi connectivity index (χ0) is 29.6. The summed E-state index contributed by atoms with van der Waals surface area (Å²) in [6.45, 7) is 5.81. The summed E-state index contributed by atoms with van der Waals surface area (Å²) < 4.78 is 20.0. The molecule has 2 unspecified atom stereocenters. The lowest BCUT2D eigenvalue weighted by molar-refractivity contribution is -0.131. The maximum absolute atomic E-state index is 13.7. The number of hydrogen-bond donors (Lipinski definition) is 2. The number of fused-ring (bicyclic) bond motifs is 2. The van der Waals surface area contributed by atoms with Gasteiger partial charge >= 0.3 is 0 Å². The van der Waals surface area contributed by atoms with E-state index >= 15 is 0 Å². The number of benzene rings is 3. The van der Waals surface area contributed by atoms with Crippen LogP contribution in [0, 0.1) is 12.7 Å². The molecule has 0 spiro atoms. The SMILES string of the molecule is CC(=O)N1CC2CC(c3ccc(CCCOc4cc(F)ccc4Br)cc3)=C(C(=O)NCCc3ccccc3C)C(C1)N2. The Balaban J connectivity index is 1.28. The predicted molar refractivity (Wildman–Crippen MR) is 167 cm³/mol. The van der Waals surface area contributed by atoms with Crippen LogP contribution in [0.2, 0.25) is 0 Å². The van der Waals surface area contributed by atoms with E-state index in [9.17, 15) is 14.0 Å². The molecule has 2 aliphatic heterocycles. The number of rotatable bonds is 10.